The summed E-state index contributed by atoms with van der Waals surface area (Å²) in [5.41, 5.74) is 7.03. The second-order valence-electron chi connectivity index (χ2n) is 3.65. The van der Waals surface area contributed by atoms with Gasteiger partial charge in [-0.15, -0.1) is 0 Å². The lowest BCUT2D eigenvalue weighted by Gasteiger charge is -2.08. The number of benzene rings is 1. The molecule has 0 bridgehead atoms. The molecule has 1 heterocycles. The molecule has 1 aromatic heterocycles. The molecular formula is C11H11BrN2O2S2. The molecular weight excluding hydrogens is 336 g/mol. The standard InChI is InChI=1S/C11H11BrN2O2S2/c12-10-5-9(13)1-2-11(10)18(15,16)14-6-8-3-4-17-7-8/h1-5,7,14H,6,13H2. The molecule has 0 aliphatic heterocycles. The van der Waals surface area contributed by atoms with Gasteiger partial charge in [0.1, 0.15) is 0 Å². The van der Waals surface area contributed by atoms with Crippen LogP contribution in [0.4, 0.5) is 5.69 Å². The Balaban J connectivity index is 2.20. The molecule has 0 saturated carbocycles. The number of nitrogens with one attached hydrogen (secondary N) is 1. The lowest BCUT2D eigenvalue weighted by molar-refractivity contribution is 0.581. The number of thiophene rings is 1. The summed E-state index contributed by atoms with van der Waals surface area (Å²) in [7, 11) is -3.53. The van der Waals surface area contributed by atoms with Gasteiger partial charge in [-0.2, -0.15) is 11.3 Å². The Morgan fingerprint density at radius 1 is 1.33 bits per heavy atom. The van der Waals surface area contributed by atoms with Crippen molar-refractivity contribution in [1.82, 2.24) is 4.72 Å². The van der Waals surface area contributed by atoms with Crippen molar-refractivity contribution in [2.45, 2.75) is 11.4 Å². The number of rotatable bonds is 4. The summed E-state index contributed by atoms with van der Waals surface area (Å²) in [5.74, 6) is 0. The maximum Gasteiger partial charge on any atom is 0.241 e. The van der Waals surface area contributed by atoms with Gasteiger partial charge in [0, 0.05) is 16.7 Å². The van der Waals surface area contributed by atoms with Crippen LogP contribution in [0.3, 0.4) is 0 Å². The van der Waals surface area contributed by atoms with Crippen LogP contribution >= 0.6 is 27.3 Å². The van der Waals surface area contributed by atoms with Crippen LogP contribution in [0.1, 0.15) is 5.56 Å². The van der Waals surface area contributed by atoms with Crippen LogP contribution in [0.5, 0.6) is 0 Å². The number of halogens is 1. The highest BCUT2D eigenvalue weighted by Gasteiger charge is 2.17. The second-order valence-corrected chi connectivity index (χ2v) is 7.02. The molecule has 18 heavy (non-hydrogen) atoms. The van der Waals surface area contributed by atoms with E-state index in [1.807, 2.05) is 16.8 Å². The van der Waals surface area contributed by atoms with Crippen molar-refractivity contribution in [3.8, 4) is 0 Å². The Morgan fingerprint density at radius 2 is 2.11 bits per heavy atom. The van der Waals surface area contributed by atoms with Crippen molar-refractivity contribution >= 4 is 43.0 Å². The van der Waals surface area contributed by atoms with Gasteiger partial charge in [0.15, 0.2) is 0 Å². The summed E-state index contributed by atoms with van der Waals surface area (Å²) in [4.78, 5) is 0.187. The third-order valence-corrected chi connectivity index (χ3v) is 5.40. The van der Waals surface area contributed by atoms with Gasteiger partial charge < -0.3 is 5.73 Å². The van der Waals surface area contributed by atoms with Crippen molar-refractivity contribution in [2.24, 2.45) is 0 Å². The molecule has 2 aromatic rings. The zero-order valence-electron chi connectivity index (χ0n) is 9.26. The van der Waals surface area contributed by atoms with E-state index in [0.29, 0.717) is 10.2 Å². The number of hydrogen-bond acceptors (Lipinski definition) is 4. The van der Waals surface area contributed by atoms with E-state index in [2.05, 4.69) is 20.7 Å². The molecule has 2 rings (SSSR count). The highest BCUT2D eigenvalue weighted by atomic mass is 79.9. The van der Waals surface area contributed by atoms with E-state index >= 15 is 0 Å². The molecule has 0 saturated heterocycles. The summed E-state index contributed by atoms with van der Waals surface area (Å²) < 4.78 is 27.2. The number of anilines is 1. The minimum absolute atomic E-state index is 0.187. The van der Waals surface area contributed by atoms with Gasteiger partial charge in [-0.25, -0.2) is 13.1 Å². The highest BCUT2D eigenvalue weighted by Crippen LogP contribution is 2.24. The molecule has 1 aromatic carbocycles. The number of nitrogens with two attached hydrogens (primary N) is 1. The topological polar surface area (TPSA) is 72.2 Å². The fourth-order valence-electron chi connectivity index (χ4n) is 1.38. The van der Waals surface area contributed by atoms with Crippen molar-refractivity contribution in [3.05, 3.63) is 45.1 Å². The Labute approximate surface area is 118 Å². The average Bonchev–Trinajstić information content (AvgIpc) is 2.78. The summed E-state index contributed by atoms with van der Waals surface area (Å²) in [5, 5.41) is 3.81. The number of nitrogen functional groups attached to an aromatic ring is 1. The van der Waals surface area contributed by atoms with Crippen molar-refractivity contribution in [2.75, 3.05) is 5.73 Å². The third-order valence-electron chi connectivity index (χ3n) is 2.29. The van der Waals surface area contributed by atoms with Crippen LogP contribution in [-0.4, -0.2) is 8.42 Å². The maximum absolute atomic E-state index is 12.1. The molecule has 0 aliphatic carbocycles. The van der Waals surface area contributed by atoms with Crippen molar-refractivity contribution in [3.63, 3.8) is 0 Å². The Bertz CT molecular complexity index is 639. The first-order valence-electron chi connectivity index (χ1n) is 5.05. The van der Waals surface area contributed by atoms with Crippen LogP contribution in [-0.2, 0) is 16.6 Å². The van der Waals surface area contributed by atoms with Gasteiger partial charge in [-0.05, 0) is 56.5 Å². The van der Waals surface area contributed by atoms with E-state index in [1.54, 1.807) is 12.1 Å². The summed E-state index contributed by atoms with van der Waals surface area (Å²) in [6, 6.07) is 6.49. The zero-order chi connectivity index (χ0) is 13.2. The lowest BCUT2D eigenvalue weighted by Crippen LogP contribution is -2.23. The molecule has 0 atom stereocenters. The third kappa shape index (κ3) is 3.11. The van der Waals surface area contributed by atoms with Crippen LogP contribution in [0, 0.1) is 0 Å². The number of hydrogen-bond donors (Lipinski definition) is 2. The van der Waals surface area contributed by atoms with Gasteiger partial charge >= 0.3 is 0 Å². The first-order valence-corrected chi connectivity index (χ1v) is 8.27. The average molecular weight is 347 g/mol. The number of sulfonamides is 1. The predicted octanol–water partition coefficient (Wildman–Crippen LogP) is 2.57. The molecule has 0 aliphatic rings. The molecule has 0 radical (unpaired) electrons. The SMILES string of the molecule is Nc1ccc(S(=O)(=O)NCc2ccsc2)c(Br)c1. The molecule has 0 spiro atoms. The van der Waals surface area contributed by atoms with E-state index in [9.17, 15) is 8.42 Å². The molecule has 3 N–H and O–H groups in total. The first kappa shape index (κ1) is 13.5. The maximum atomic E-state index is 12.1. The molecule has 96 valence electrons. The normalized spacial score (nSPS) is 11.6. The highest BCUT2D eigenvalue weighted by molar-refractivity contribution is 9.10. The summed E-state index contributed by atoms with van der Waals surface area (Å²) in [6.07, 6.45) is 0. The Morgan fingerprint density at radius 3 is 2.72 bits per heavy atom. The fraction of sp³-hybridized carbons (Fsp3) is 0.0909. The van der Waals surface area contributed by atoms with E-state index < -0.39 is 10.0 Å². The largest absolute Gasteiger partial charge is 0.399 e. The van der Waals surface area contributed by atoms with E-state index in [0.717, 1.165) is 5.56 Å². The Kier molecular flexibility index (Phi) is 4.06. The van der Waals surface area contributed by atoms with Crippen LogP contribution in [0.2, 0.25) is 0 Å². The first-order chi connectivity index (χ1) is 8.49. The van der Waals surface area contributed by atoms with E-state index in [1.165, 1.54) is 17.4 Å². The Hall–Kier alpha value is -0.890. The quantitative estimate of drug-likeness (QED) is 0.835. The minimum Gasteiger partial charge on any atom is -0.399 e. The van der Waals surface area contributed by atoms with Gasteiger partial charge in [0.25, 0.3) is 0 Å². The predicted molar refractivity (Wildman–Crippen MR) is 76.9 cm³/mol. The second kappa shape index (κ2) is 5.40. The van der Waals surface area contributed by atoms with Crippen LogP contribution in [0.15, 0.2) is 44.4 Å². The van der Waals surface area contributed by atoms with Crippen LogP contribution in [0.25, 0.3) is 0 Å². The van der Waals surface area contributed by atoms with E-state index in [4.69, 9.17) is 5.73 Å². The minimum atomic E-state index is -3.53. The fourth-order valence-corrected chi connectivity index (χ4v) is 4.16. The van der Waals surface area contributed by atoms with Gasteiger partial charge in [0.05, 0.1) is 4.90 Å². The molecule has 0 unspecified atom stereocenters. The van der Waals surface area contributed by atoms with Gasteiger partial charge in [-0.1, -0.05) is 0 Å². The van der Waals surface area contributed by atoms with Crippen molar-refractivity contribution < 1.29 is 8.42 Å². The molecule has 7 heteroatoms. The smallest absolute Gasteiger partial charge is 0.241 e. The monoisotopic (exact) mass is 346 g/mol. The lowest BCUT2D eigenvalue weighted by atomic mass is 10.3. The molecule has 0 amide bonds. The van der Waals surface area contributed by atoms with Gasteiger partial charge in [-0.3, -0.25) is 0 Å². The van der Waals surface area contributed by atoms with Crippen LogP contribution < -0.4 is 10.5 Å². The summed E-state index contributed by atoms with van der Waals surface area (Å²) in [6.45, 7) is 0.280. The summed E-state index contributed by atoms with van der Waals surface area (Å²) >= 11 is 4.74. The molecule has 4 nitrogen and oxygen atoms in total. The van der Waals surface area contributed by atoms with Gasteiger partial charge in [0.2, 0.25) is 10.0 Å². The zero-order valence-corrected chi connectivity index (χ0v) is 12.5. The molecule has 0 fully saturated rings. The van der Waals surface area contributed by atoms with E-state index in [-0.39, 0.29) is 11.4 Å². The van der Waals surface area contributed by atoms with Crippen molar-refractivity contribution in [1.29, 1.82) is 0 Å².